The molecule has 2 aromatic rings. The Hall–Kier alpha value is -2.12. The van der Waals surface area contributed by atoms with Gasteiger partial charge in [-0.2, -0.15) is 5.10 Å². The predicted octanol–water partition coefficient (Wildman–Crippen LogP) is 2.92. The molecule has 0 radical (unpaired) electrons. The van der Waals surface area contributed by atoms with Gasteiger partial charge in [-0.3, -0.25) is 9.89 Å². The Balaban J connectivity index is 1.93. The first-order valence-electron chi connectivity index (χ1n) is 7.63. The van der Waals surface area contributed by atoms with Crippen molar-refractivity contribution < 1.29 is 14.3 Å². The van der Waals surface area contributed by atoms with Crippen molar-refractivity contribution in [2.45, 2.75) is 13.5 Å². The number of ether oxygens (including phenoxy) is 2. The Bertz CT molecular complexity index is 672. The molecule has 1 heterocycles. The van der Waals surface area contributed by atoms with Crippen molar-refractivity contribution in [3.05, 3.63) is 52.3 Å². The lowest BCUT2D eigenvalue weighted by molar-refractivity contribution is -0.116. The zero-order valence-corrected chi connectivity index (χ0v) is 15.0. The number of halogens is 1. The molecule has 0 fully saturated rings. The molecule has 0 atom stereocenters. The van der Waals surface area contributed by atoms with Crippen molar-refractivity contribution in [3.8, 4) is 5.75 Å². The summed E-state index contributed by atoms with van der Waals surface area (Å²) in [4.78, 5) is 11.9. The third-order valence-corrected chi connectivity index (χ3v) is 3.58. The molecule has 128 valence electrons. The molecule has 0 saturated heterocycles. The summed E-state index contributed by atoms with van der Waals surface area (Å²) in [5, 5.41) is 9.40. The van der Waals surface area contributed by atoms with E-state index in [1.807, 2.05) is 31.2 Å². The molecule has 24 heavy (non-hydrogen) atoms. The molecule has 6 nitrogen and oxygen atoms in total. The van der Waals surface area contributed by atoms with E-state index in [0.29, 0.717) is 32.1 Å². The number of amides is 1. The minimum absolute atomic E-state index is 0.190. The Morgan fingerprint density at radius 1 is 1.38 bits per heavy atom. The van der Waals surface area contributed by atoms with Gasteiger partial charge in [0.25, 0.3) is 0 Å². The van der Waals surface area contributed by atoms with Gasteiger partial charge in [0.05, 0.1) is 18.8 Å². The van der Waals surface area contributed by atoms with E-state index in [2.05, 4.69) is 31.4 Å². The zero-order chi connectivity index (χ0) is 17.2. The van der Waals surface area contributed by atoms with Crippen molar-refractivity contribution in [2.75, 3.05) is 19.8 Å². The molecule has 0 aliphatic rings. The van der Waals surface area contributed by atoms with Gasteiger partial charge in [0.1, 0.15) is 12.4 Å². The van der Waals surface area contributed by atoms with Crippen molar-refractivity contribution in [2.24, 2.45) is 0 Å². The fourth-order valence-electron chi connectivity index (χ4n) is 1.93. The lowest BCUT2D eigenvalue weighted by Crippen LogP contribution is -2.20. The SMILES string of the molecule is CCOCCOc1ccc(Br)cc1/C=C/C(=O)NCc1ccn[nH]1. The first-order chi connectivity index (χ1) is 11.7. The maximum atomic E-state index is 11.9. The van der Waals surface area contributed by atoms with Gasteiger partial charge in [0.15, 0.2) is 0 Å². The van der Waals surface area contributed by atoms with Crippen LogP contribution in [0, 0.1) is 0 Å². The summed E-state index contributed by atoms with van der Waals surface area (Å²) >= 11 is 3.43. The molecule has 0 aliphatic carbocycles. The standard InChI is InChI=1S/C17H20BrN3O3/c1-2-23-9-10-24-16-5-4-14(18)11-13(16)3-6-17(22)19-12-15-7-8-20-21-15/h3-8,11H,2,9-10,12H2,1H3,(H,19,22)(H,20,21)/b6-3+. The van der Waals surface area contributed by atoms with Gasteiger partial charge in [-0.05, 0) is 37.3 Å². The summed E-state index contributed by atoms with van der Waals surface area (Å²) in [5.41, 5.74) is 1.66. The molecular formula is C17H20BrN3O3. The molecule has 1 aromatic heterocycles. The molecule has 1 aromatic carbocycles. The Kier molecular flexibility index (Phi) is 7.51. The van der Waals surface area contributed by atoms with Gasteiger partial charge in [-0.25, -0.2) is 0 Å². The van der Waals surface area contributed by atoms with Crippen LogP contribution in [-0.4, -0.2) is 35.9 Å². The highest BCUT2D eigenvalue weighted by Crippen LogP contribution is 2.24. The van der Waals surface area contributed by atoms with Crippen LogP contribution in [0.15, 0.2) is 41.0 Å². The third kappa shape index (κ3) is 6.17. The second-order valence-electron chi connectivity index (χ2n) is 4.86. The molecule has 7 heteroatoms. The number of H-pyrrole nitrogens is 1. The number of rotatable bonds is 9. The summed E-state index contributed by atoms with van der Waals surface area (Å²) < 4.78 is 11.9. The molecule has 1 amide bonds. The van der Waals surface area contributed by atoms with Crippen LogP contribution in [-0.2, 0) is 16.1 Å². The third-order valence-electron chi connectivity index (χ3n) is 3.09. The molecule has 2 N–H and O–H groups in total. The average Bonchev–Trinajstić information content (AvgIpc) is 3.10. The van der Waals surface area contributed by atoms with Crippen LogP contribution in [0.4, 0.5) is 0 Å². The topological polar surface area (TPSA) is 76.2 Å². The smallest absolute Gasteiger partial charge is 0.244 e. The molecule has 0 bridgehead atoms. The van der Waals surface area contributed by atoms with Crippen LogP contribution in [0.3, 0.4) is 0 Å². The molecule has 0 unspecified atom stereocenters. The van der Waals surface area contributed by atoms with E-state index >= 15 is 0 Å². The lowest BCUT2D eigenvalue weighted by Gasteiger charge is -2.10. The monoisotopic (exact) mass is 393 g/mol. The van der Waals surface area contributed by atoms with Crippen LogP contribution in [0.5, 0.6) is 5.75 Å². The highest BCUT2D eigenvalue weighted by molar-refractivity contribution is 9.10. The maximum Gasteiger partial charge on any atom is 0.244 e. The molecule has 0 aliphatic heterocycles. The summed E-state index contributed by atoms with van der Waals surface area (Å²) in [6.45, 7) is 3.99. The van der Waals surface area contributed by atoms with E-state index in [1.165, 1.54) is 6.08 Å². The largest absolute Gasteiger partial charge is 0.491 e. The first-order valence-corrected chi connectivity index (χ1v) is 8.42. The number of carbonyl (C=O) groups excluding carboxylic acids is 1. The number of carbonyl (C=O) groups is 1. The number of hydrogen-bond acceptors (Lipinski definition) is 4. The van der Waals surface area contributed by atoms with Crippen molar-refractivity contribution in [1.29, 1.82) is 0 Å². The number of aromatic nitrogens is 2. The number of nitrogens with zero attached hydrogens (tertiary/aromatic N) is 1. The van der Waals surface area contributed by atoms with Gasteiger partial charge >= 0.3 is 0 Å². The summed E-state index contributed by atoms with van der Waals surface area (Å²) in [6, 6.07) is 7.46. The summed E-state index contributed by atoms with van der Waals surface area (Å²) in [5.74, 6) is 0.514. The van der Waals surface area contributed by atoms with Crippen LogP contribution >= 0.6 is 15.9 Å². The minimum Gasteiger partial charge on any atom is -0.491 e. The maximum absolute atomic E-state index is 11.9. The van der Waals surface area contributed by atoms with Gasteiger partial charge in [-0.1, -0.05) is 15.9 Å². The second-order valence-corrected chi connectivity index (χ2v) is 5.78. The van der Waals surface area contributed by atoms with Crippen LogP contribution in [0.25, 0.3) is 6.08 Å². The number of aromatic amines is 1. The molecular weight excluding hydrogens is 374 g/mol. The number of hydrogen-bond donors (Lipinski definition) is 2. The lowest BCUT2D eigenvalue weighted by atomic mass is 10.2. The van der Waals surface area contributed by atoms with E-state index in [0.717, 1.165) is 15.7 Å². The van der Waals surface area contributed by atoms with Gasteiger partial charge in [0, 0.05) is 28.9 Å². The Morgan fingerprint density at radius 3 is 3.00 bits per heavy atom. The van der Waals surface area contributed by atoms with Gasteiger partial charge in [0.2, 0.25) is 5.91 Å². The van der Waals surface area contributed by atoms with E-state index in [1.54, 1.807) is 12.3 Å². The van der Waals surface area contributed by atoms with Crippen molar-refractivity contribution >= 4 is 27.9 Å². The predicted molar refractivity (Wildman–Crippen MR) is 95.6 cm³/mol. The summed E-state index contributed by atoms with van der Waals surface area (Å²) in [6.07, 6.45) is 4.85. The Labute approximate surface area is 149 Å². The van der Waals surface area contributed by atoms with Crippen molar-refractivity contribution in [3.63, 3.8) is 0 Å². The quantitative estimate of drug-likeness (QED) is 0.507. The van der Waals surface area contributed by atoms with Crippen LogP contribution in [0.1, 0.15) is 18.2 Å². The fourth-order valence-corrected chi connectivity index (χ4v) is 2.30. The number of benzene rings is 1. The van der Waals surface area contributed by atoms with Crippen LogP contribution < -0.4 is 10.1 Å². The van der Waals surface area contributed by atoms with E-state index in [4.69, 9.17) is 9.47 Å². The normalized spacial score (nSPS) is 10.9. The van der Waals surface area contributed by atoms with E-state index < -0.39 is 0 Å². The Morgan fingerprint density at radius 2 is 2.25 bits per heavy atom. The minimum atomic E-state index is -0.190. The number of nitrogens with one attached hydrogen (secondary N) is 2. The average molecular weight is 394 g/mol. The van der Waals surface area contributed by atoms with Crippen LogP contribution in [0.2, 0.25) is 0 Å². The highest BCUT2D eigenvalue weighted by Gasteiger charge is 2.04. The second kappa shape index (κ2) is 9.89. The molecule has 2 rings (SSSR count). The van der Waals surface area contributed by atoms with Gasteiger partial charge < -0.3 is 14.8 Å². The van der Waals surface area contributed by atoms with E-state index in [-0.39, 0.29) is 5.91 Å². The zero-order valence-electron chi connectivity index (χ0n) is 13.4. The summed E-state index contributed by atoms with van der Waals surface area (Å²) in [7, 11) is 0. The van der Waals surface area contributed by atoms with E-state index in [9.17, 15) is 4.79 Å². The molecule has 0 spiro atoms. The molecule has 0 saturated carbocycles. The fraction of sp³-hybridized carbons (Fsp3) is 0.294. The van der Waals surface area contributed by atoms with Crippen molar-refractivity contribution in [1.82, 2.24) is 15.5 Å². The van der Waals surface area contributed by atoms with Gasteiger partial charge in [-0.15, -0.1) is 0 Å². The first kappa shape index (κ1) is 18.2. The highest BCUT2D eigenvalue weighted by atomic mass is 79.9.